The van der Waals surface area contributed by atoms with E-state index in [-0.39, 0.29) is 5.57 Å². The summed E-state index contributed by atoms with van der Waals surface area (Å²) >= 11 is 0. The van der Waals surface area contributed by atoms with Gasteiger partial charge >= 0.3 is 19.0 Å². The molecule has 0 aromatic carbocycles. The van der Waals surface area contributed by atoms with Gasteiger partial charge in [-0.1, -0.05) is 70.4 Å². The van der Waals surface area contributed by atoms with Crippen molar-refractivity contribution < 1.29 is 23.6 Å². The van der Waals surface area contributed by atoms with Gasteiger partial charge in [-0.25, -0.2) is 4.79 Å². The van der Waals surface area contributed by atoms with E-state index in [2.05, 4.69) is 27.4 Å². The molecule has 0 fully saturated rings. The third kappa shape index (κ3) is 9.91. The molecule has 0 rings (SSSR count). The summed E-state index contributed by atoms with van der Waals surface area (Å²) in [4.78, 5) is 12.3. The van der Waals surface area contributed by atoms with Crippen molar-refractivity contribution in [1.29, 1.82) is 0 Å². The lowest BCUT2D eigenvalue weighted by molar-refractivity contribution is -0.323. The van der Waals surface area contributed by atoms with Crippen LogP contribution in [0.25, 0.3) is 0 Å². The van der Waals surface area contributed by atoms with E-state index in [0.717, 1.165) is 57.8 Å². The molecule has 0 amide bonds. The van der Waals surface area contributed by atoms with Crippen LogP contribution in [0.5, 0.6) is 0 Å². The first-order valence-electron chi connectivity index (χ1n) is 10.0. The Morgan fingerprint density at radius 1 is 0.808 bits per heavy atom. The van der Waals surface area contributed by atoms with E-state index in [0.29, 0.717) is 19.8 Å². The second kappa shape index (κ2) is 15.4. The Labute approximate surface area is 160 Å². The zero-order valence-electron chi connectivity index (χ0n) is 17.2. The highest BCUT2D eigenvalue weighted by Crippen LogP contribution is 2.45. The Bertz CT molecular complexity index is 391. The number of rotatable bonds is 18. The van der Waals surface area contributed by atoms with Crippen molar-refractivity contribution in [2.75, 3.05) is 19.8 Å². The minimum atomic E-state index is -2.55. The van der Waals surface area contributed by atoms with Gasteiger partial charge in [0.1, 0.15) is 0 Å². The van der Waals surface area contributed by atoms with Gasteiger partial charge in [0.25, 0.3) is 0 Å². The number of allylic oxidation sites excluding steroid dienone is 1. The van der Waals surface area contributed by atoms with E-state index >= 15 is 0 Å². The lowest BCUT2D eigenvalue weighted by Gasteiger charge is -2.23. The monoisotopic (exact) mass is 389 g/mol. The van der Waals surface area contributed by atoms with Crippen LogP contribution in [0.1, 0.15) is 85.5 Å². The molecule has 5 nitrogen and oxygen atoms in total. The third-order valence-electron chi connectivity index (χ3n) is 3.90. The summed E-state index contributed by atoms with van der Waals surface area (Å²) in [6.45, 7) is 12.5. The maximum atomic E-state index is 13.0. The Morgan fingerprint density at radius 3 is 1.42 bits per heavy atom. The minimum Gasteiger partial charge on any atom is -0.285 e. The van der Waals surface area contributed by atoms with Gasteiger partial charge in [0.05, 0.1) is 19.8 Å². The van der Waals surface area contributed by atoms with Gasteiger partial charge in [0.2, 0.25) is 0 Å². The highest BCUT2D eigenvalue weighted by atomic mass is 31.1. The highest BCUT2D eigenvalue weighted by Gasteiger charge is 2.59. The van der Waals surface area contributed by atoms with Crippen LogP contribution in [0, 0.1) is 0 Å². The Kier molecular flexibility index (Phi) is 15.1. The molecule has 6 heteroatoms. The van der Waals surface area contributed by atoms with E-state index < -0.39 is 19.0 Å². The van der Waals surface area contributed by atoms with Crippen molar-refractivity contribution >= 4 is 13.3 Å². The second-order valence-electron chi connectivity index (χ2n) is 6.57. The van der Waals surface area contributed by atoms with Gasteiger partial charge in [-0.05, 0) is 26.2 Å². The summed E-state index contributed by atoms with van der Waals surface area (Å²) in [6.07, 6.45) is 8.52. The van der Waals surface area contributed by atoms with Crippen molar-refractivity contribution in [3.63, 3.8) is 0 Å². The van der Waals surface area contributed by atoms with Crippen LogP contribution in [-0.2, 0) is 23.6 Å². The molecule has 0 radical (unpaired) electrons. The van der Waals surface area contributed by atoms with Crippen LogP contribution in [0.4, 0.5) is 0 Å². The smallest absolute Gasteiger partial charge is 0.285 e. The fraction of sp³-hybridized carbons (Fsp3) is 0.850. The summed E-state index contributed by atoms with van der Waals surface area (Å²) in [7, 11) is -2.55. The van der Waals surface area contributed by atoms with Crippen molar-refractivity contribution in [1.82, 2.24) is 0 Å². The first kappa shape index (κ1) is 25.4. The maximum Gasteiger partial charge on any atom is 0.520 e. The molecule has 1 unspecified atom stereocenters. The fourth-order valence-electron chi connectivity index (χ4n) is 2.26. The molecule has 0 aliphatic heterocycles. The van der Waals surface area contributed by atoms with Gasteiger partial charge in [-0.15, -0.1) is 0 Å². The maximum absolute atomic E-state index is 13.0. The van der Waals surface area contributed by atoms with Gasteiger partial charge < -0.3 is 0 Å². The van der Waals surface area contributed by atoms with Crippen molar-refractivity contribution in [3.05, 3.63) is 12.2 Å². The molecule has 0 bridgehead atoms. The van der Waals surface area contributed by atoms with E-state index in [4.69, 9.17) is 14.2 Å². The molecule has 0 spiro atoms. The summed E-state index contributed by atoms with van der Waals surface area (Å²) in [6, 6.07) is 0. The standard InChI is InChI=1S/C20H38O5P/c1-6-9-12-15-23-20(24-16-13-10-7-2,25-17-14-11-8-3)26(22)19(21)18(4)5/h4,6-17H2,1-3,5H3/q+1. The first-order chi connectivity index (χ1) is 12.4. The van der Waals surface area contributed by atoms with Gasteiger partial charge in [0.15, 0.2) is 0 Å². The van der Waals surface area contributed by atoms with E-state index in [9.17, 15) is 9.36 Å². The zero-order chi connectivity index (χ0) is 19.8. The number of carbonyl (C=O) groups is 1. The zero-order valence-corrected chi connectivity index (χ0v) is 18.1. The van der Waals surface area contributed by atoms with E-state index in [1.165, 1.54) is 0 Å². The number of hydrogen-bond acceptors (Lipinski definition) is 5. The van der Waals surface area contributed by atoms with Crippen LogP contribution >= 0.6 is 7.80 Å². The fourth-order valence-corrected chi connectivity index (χ4v) is 3.48. The molecular formula is C20H38O5P+. The molecule has 152 valence electrons. The molecule has 0 aromatic rings. The molecular weight excluding hydrogens is 351 g/mol. The van der Waals surface area contributed by atoms with Crippen molar-refractivity contribution in [3.8, 4) is 0 Å². The summed E-state index contributed by atoms with van der Waals surface area (Å²) in [5.41, 5.74) is -2.12. The number of hydrogen-bond donors (Lipinski definition) is 0. The SMILES string of the molecule is C=C(C)C(=O)[P+](=O)C(OCCCCC)(OCCCCC)OCCCCC. The summed E-state index contributed by atoms with van der Waals surface area (Å²) in [5, 5.41) is 0. The highest BCUT2D eigenvalue weighted by molar-refractivity contribution is 7.65. The predicted octanol–water partition coefficient (Wildman–Crippen LogP) is 6.15. The average molecular weight is 389 g/mol. The van der Waals surface area contributed by atoms with Crippen LogP contribution in [-0.4, -0.2) is 31.1 Å². The molecule has 0 heterocycles. The third-order valence-corrected chi connectivity index (χ3v) is 5.53. The predicted molar refractivity (Wildman–Crippen MR) is 107 cm³/mol. The number of carbonyl (C=O) groups excluding carboxylic acids is 1. The Balaban J connectivity index is 5.24. The molecule has 0 aromatic heterocycles. The molecule has 0 aliphatic carbocycles. The van der Waals surface area contributed by atoms with Gasteiger partial charge in [-0.2, -0.15) is 0 Å². The van der Waals surface area contributed by atoms with Gasteiger partial charge in [0, 0.05) is 5.57 Å². The van der Waals surface area contributed by atoms with E-state index in [1.54, 1.807) is 6.92 Å². The van der Waals surface area contributed by atoms with Crippen LogP contribution in [0.2, 0.25) is 0 Å². The molecule has 0 saturated heterocycles. The van der Waals surface area contributed by atoms with Crippen LogP contribution in [0.3, 0.4) is 0 Å². The lowest BCUT2D eigenvalue weighted by Crippen LogP contribution is -2.38. The van der Waals surface area contributed by atoms with Crippen LogP contribution < -0.4 is 0 Å². The molecule has 1 atom stereocenters. The first-order valence-corrected chi connectivity index (χ1v) is 11.3. The quantitative estimate of drug-likeness (QED) is 0.122. The Morgan fingerprint density at radius 2 is 1.15 bits per heavy atom. The molecule has 0 aliphatic rings. The van der Waals surface area contributed by atoms with E-state index in [1.807, 2.05) is 0 Å². The number of ether oxygens (including phenoxy) is 3. The summed E-state index contributed by atoms with van der Waals surface area (Å²) in [5.74, 6) is 0. The normalized spacial score (nSPS) is 12.2. The molecule has 0 N–H and O–H groups in total. The molecule has 0 saturated carbocycles. The Hall–Kier alpha value is -0.610. The van der Waals surface area contributed by atoms with Crippen LogP contribution in [0.15, 0.2) is 12.2 Å². The molecule has 26 heavy (non-hydrogen) atoms. The van der Waals surface area contributed by atoms with Crippen molar-refractivity contribution in [2.24, 2.45) is 0 Å². The lowest BCUT2D eigenvalue weighted by atomic mass is 10.3. The largest absolute Gasteiger partial charge is 0.520 e. The second-order valence-corrected chi connectivity index (χ2v) is 8.11. The van der Waals surface area contributed by atoms with Crippen molar-refractivity contribution in [2.45, 2.75) is 91.2 Å². The topological polar surface area (TPSA) is 61.8 Å². The summed E-state index contributed by atoms with van der Waals surface area (Å²) < 4.78 is 30.5. The van der Waals surface area contributed by atoms with Gasteiger partial charge in [-0.3, -0.25) is 14.2 Å². The average Bonchev–Trinajstić information content (AvgIpc) is 2.63. The number of unbranched alkanes of at least 4 members (excludes halogenated alkanes) is 6. The minimum absolute atomic E-state index is 0.224.